The molecule has 0 saturated carbocycles. The summed E-state index contributed by atoms with van der Waals surface area (Å²) < 4.78 is 63.7. The Bertz CT molecular complexity index is 702. The van der Waals surface area contributed by atoms with Gasteiger partial charge in [-0.3, -0.25) is 0 Å². The van der Waals surface area contributed by atoms with Gasteiger partial charge in [0.2, 0.25) is 0 Å². The molecule has 0 unspecified atom stereocenters. The van der Waals surface area contributed by atoms with Crippen molar-refractivity contribution in [3.8, 4) is 11.8 Å². The van der Waals surface area contributed by atoms with Gasteiger partial charge in [-0.25, -0.2) is 0 Å². The van der Waals surface area contributed by atoms with E-state index in [1.807, 2.05) is 6.07 Å². The number of fused-ring (bicyclic) bond motifs is 1. The number of nitrogens with zero attached hydrogens (tertiary/aromatic N) is 1. The molecule has 1 aliphatic rings. The number of hydrogen-bond donors (Lipinski definition) is 0. The Morgan fingerprint density at radius 3 is 2.45 bits per heavy atom. The van der Waals surface area contributed by atoms with Gasteiger partial charge in [-0.15, -0.1) is 0 Å². The van der Waals surface area contributed by atoms with Crippen molar-refractivity contribution < 1.29 is 25.8 Å². The molecule has 1 aromatic carbocycles. The van der Waals surface area contributed by atoms with E-state index in [2.05, 4.69) is 4.18 Å². The predicted octanol–water partition coefficient (Wildman–Crippen LogP) is 2.58. The quantitative estimate of drug-likeness (QED) is 0.622. The van der Waals surface area contributed by atoms with Crippen molar-refractivity contribution in [3.05, 3.63) is 28.3 Å². The van der Waals surface area contributed by atoms with Crippen LogP contribution in [0.3, 0.4) is 0 Å². The molecule has 2 rings (SSSR count). The first-order valence-electron chi connectivity index (χ1n) is 5.73. The van der Waals surface area contributed by atoms with Gasteiger partial charge in [-0.1, -0.05) is 0 Å². The minimum atomic E-state index is -5.70. The highest BCUT2D eigenvalue weighted by molar-refractivity contribution is 7.88. The molecule has 0 spiro atoms. The Kier molecular flexibility index (Phi) is 3.42. The minimum absolute atomic E-state index is 0.204. The number of nitriles is 1. The van der Waals surface area contributed by atoms with E-state index in [0.717, 1.165) is 0 Å². The first kappa shape index (κ1) is 14.7. The molecule has 1 aliphatic carbocycles. The predicted molar refractivity (Wildman–Crippen MR) is 63.5 cm³/mol. The SMILES string of the molecule is Cc1cc(C#N)c2c(c1OS(=O)(=O)C(F)(F)F)CCC2. The molecular weight excluding hydrogens is 295 g/mol. The van der Waals surface area contributed by atoms with Crippen LogP contribution in [0.25, 0.3) is 0 Å². The molecule has 0 aromatic heterocycles. The molecule has 0 atom stereocenters. The Labute approximate surface area is 113 Å². The smallest absolute Gasteiger partial charge is 0.375 e. The van der Waals surface area contributed by atoms with Crippen LogP contribution < -0.4 is 4.18 Å². The molecule has 0 N–H and O–H groups in total. The Morgan fingerprint density at radius 1 is 1.30 bits per heavy atom. The van der Waals surface area contributed by atoms with E-state index in [-0.39, 0.29) is 11.3 Å². The molecule has 0 heterocycles. The third-order valence-electron chi connectivity index (χ3n) is 3.13. The van der Waals surface area contributed by atoms with E-state index >= 15 is 0 Å². The van der Waals surface area contributed by atoms with Crippen molar-refractivity contribution in [3.63, 3.8) is 0 Å². The summed E-state index contributed by atoms with van der Waals surface area (Å²) in [6.07, 6.45) is 1.57. The number of halogens is 3. The molecule has 1 aromatic rings. The number of rotatable bonds is 2. The summed E-state index contributed by atoms with van der Waals surface area (Å²) in [5.74, 6) is -0.297. The lowest BCUT2D eigenvalue weighted by atomic mass is 10.00. The van der Waals surface area contributed by atoms with Gasteiger partial charge in [0.1, 0.15) is 5.75 Å². The lowest BCUT2D eigenvalue weighted by Crippen LogP contribution is -2.28. The normalized spacial score (nSPS) is 14.8. The highest BCUT2D eigenvalue weighted by Crippen LogP contribution is 2.38. The zero-order chi connectivity index (χ0) is 15.1. The second-order valence-electron chi connectivity index (χ2n) is 4.48. The summed E-state index contributed by atoms with van der Waals surface area (Å²) in [7, 11) is -5.70. The number of hydrogen-bond acceptors (Lipinski definition) is 4. The molecule has 4 nitrogen and oxygen atoms in total. The fourth-order valence-electron chi connectivity index (χ4n) is 2.27. The second-order valence-corrected chi connectivity index (χ2v) is 6.01. The molecular formula is C12H10F3NO3S. The first-order chi connectivity index (χ1) is 9.17. The van der Waals surface area contributed by atoms with Crippen molar-refractivity contribution in [2.75, 3.05) is 0 Å². The van der Waals surface area contributed by atoms with Crippen LogP contribution in [0.2, 0.25) is 0 Å². The van der Waals surface area contributed by atoms with Crippen molar-refractivity contribution in [2.24, 2.45) is 0 Å². The fourth-order valence-corrected chi connectivity index (χ4v) is 2.82. The molecule has 0 radical (unpaired) electrons. The van der Waals surface area contributed by atoms with Crippen LogP contribution in [0.15, 0.2) is 6.07 Å². The van der Waals surface area contributed by atoms with E-state index in [4.69, 9.17) is 5.26 Å². The Balaban J connectivity index is 2.56. The number of aryl methyl sites for hydroxylation is 1. The van der Waals surface area contributed by atoms with Crippen molar-refractivity contribution in [1.82, 2.24) is 0 Å². The van der Waals surface area contributed by atoms with Gasteiger partial charge in [-0.05, 0) is 43.4 Å². The molecule has 0 fully saturated rings. The van der Waals surface area contributed by atoms with Crippen LogP contribution in [0.5, 0.6) is 5.75 Å². The van der Waals surface area contributed by atoms with Gasteiger partial charge in [0.15, 0.2) is 0 Å². The molecule has 8 heteroatoms. The van der Waals surface area contributed by atoms with E-state index in [0.29, 0.717) is 36.0 Å². The van der Waals surface area contributed by atoms with Crippen LogP contribution in [0, 0.1) is 18.3 Å². The largest absolute Gasteiger partial charge is 0.534 e. The maximum atomic E-state index is 12.4. The second kappa shape index (κ2) is 4.66. The van der Waals surface area contributed by atoms with Crippen LogP contribution in [0.4, 0.5) is 13.2 Å². The Morgan fingerprint density at radius 2 is 1.90 bits per heavy atom. The van der Waals surface area contributed by atoms with E-state index in [1.165, 1.54) is 13.0 Å². The average molecular weight is 305 g/mol. The van der Waals surface area contributed by atoms with E-state index in [9.17, 15) is 21.6 Å². The molecule has 0 amide bonds. The summed E-state index contributed by atoms with van der Waals surface area (Å²) in [4.78, 5) is 0. The topological polar surface area (TPSA) is 67.2 Å². The van der Waals surface area contributed by atoms with Crippen LogP contribution >= 0.6 is 0 Å². The highest BCUT2D eigenvalue weighted by Gasteiger charge is 2.49. The highest BCUT2D eigenvalue weighted by atomic mass is 32.2. The lowest BCUT2D eigenvalue weighted by molar-refractivity contribution is -0.0500. The molecule has 108 valence electrons. The first-order valence-corrected chi connectivity index (χ1v) is 7.14. The molecule has 0 saturated heterocycles. The fraction of sp³-hybridized carbons (Fsp3) is 0.417. The van der Waals surface area contributed by atoms with Crippen LogP contribution in [-0.4, -0.2) is 13.9 Å². The van der Waals surface area contributed by atoms with Crippen molar-refractivity contribution in [1.29, 1.82) is 5.26 Å². The van der Waals surface area contributed by atoms with Gasteiger partial charge >= 0.3 is 15.6 Å². The van der Waals surface area contributed by atoms with Gasteiger partial charge < -0.3 is 4.18 Å². The summed E-state index contributed by atoms with van der Waals surface area (Å²) in [5.41, 5.74) is -3.96. The number of alkyl halides is 3. The molecule has 0 bridgehead atoms. The number of benzene rings is 1. The average Bonchev–Trinajstić information content (AvgIpc) is 2.80. The van der Waals surface area contributed by atoms with Gasteiger partial charge in [0, 0.05) is 5.56 Å². The standard InChI is InChI=1S/C12H10F3NO3S/c1-7-5-8(6-16)9-3-2-4-10(9)11(7)19-20(17,18)12(13,14)15/h5H,2-4H2,1H3. The molecule has 20 heavy (non-hydrogen) atoms. The van der Waals surface area contributed by atoms with Crippen molar-refractivity contribution >= 4 is 10.1 Å². The zero-order valence-electron chi connectivity index (χ0n) is 10.4. The van der Waals surface area contributed by atoms with Gasteiger partial charge in [0.05, 0.1) is 11.6 Å². The van der Waals surface area contributed by atoms with Crippen LogP contribution in [0.1, 0.15) is 28.7 Å². The third kappa shape index (κ3) is 2.33. The minimum Gasteiger partial charge on any atom is -0.375 e. The van der Waals surface area contributed by atoms with E-state index < -0.39 is 15.6 Å². The zero-order valence-corrected chi connectivity index (χ0v) is 11.2. The third-order valence-corrected chi connectivity index (χ3v) is 4.09. The Hall–Kier alpha value is -1.75. The maximum absolute atomic E-state index is 12.4. The van der Waals surface area contributed by atoms with E-state index in [1.54, 1.807) is 0 Å². The summed E-state index contributed by atoms with van der Waals surface area (Å²) in [6.45, 7) is 1.42. The van der Waals surface area contributed by atoms with Gasteiger partial charge in [0.25, 0.3) is 0 Å². The summed E-state index contributed by atoms with van der Waals surface area (Å²) >= 11 is 0. The summed E-state index contributed by atoms with van der Waals surface area (Å²) in [6, 6.07) is 3.31. The molecule has 0 aliphatic heterocycles. The van der Waals surface area contributed by atoms with Gasteiger partial charge in [-0.2, -0.15) is 26.9 Å². The monoisotopic (exact) mass is 305 g/mol. The van der Waals surface area contributed by atoms with Crippen molar-refractivity contribution in [2.45, 2.75) is 31.7 Å². The maximum Gasteiger partial charge on any atom is 0.534 e. The summed E-state index contributed by atoms with van der Waals surface area (Å²) in [5, 5.41) is 8.99. The van der Waals surface area contributed by atoms with Crippen LogP contribution in [-0.2, 0) is 23.0 Å². The lowest BCUT2D eigenvalue weighted by Gasteiger charge is -2.15.